The van der Waals surface area contributed by atoms with Crippen LogP contribution in [-0.4, -0.2) is 12.9 Å². The third kappa shape index (κ3) is 3.48. The molecular weight excluding hydrogens is 321 g/mol. The summed E-state index contributed by atoms with van der Waals surface area (Å²) in [6, 6.07) is 13.5. The number of halogens is 2. The van der Waals surface area contributed by atoms with E-state index in [1.54, 1.807) is 42.5 Å². The number of ether oxygens (including phenoxy) is 1. The predicted molar refractivity (Wildman–Crippen MR) is 87.4 cm³/mol. The van der Waals surface area contributed by atoms with Gasteiger partial charge in [-0.3, -0.25) is 4.79 Å². The monoisotopic (exact) mass is 331 g/mol. The second-order valence-corrected chi connectivity index (χ2v) is 5.16. The number of methoxy groups -OCH3 is 1. The molecule has 0 aliphatic heterocycles. The smallest absolute Gasteiger partial charge is 0.203 e. The number of nitriles is 1. The Bertz CT molecular complexity index is 791. The first-order chi connectivity index (χ1) is 10.6. The molecule has 0 aliphatic carbocycles. The molecule has 0 radical (unpaired) electrons. The van der Waals surface area contributed by atoms with Crippen molar-refractivity contribution in [3.63, 3.8) is 0 Å². The lowest BCUT2D eigenvalue weighted by molar-refractivity contribution is 0.103. The summed E-state index contributed by atoms with van der Waals surface area (Å²) in [5.74, 6) is 0.140. The largest absolute Gasteiger partial charge is 0.497 e. The molecule has 5 heteroatoms. The van der Waals surface area contributed by atoms with E-state index in [0.29, 0.717) is 26.9 Å². The third-order valence-corrected chi connectivity index (χ3v) is 3.81. The molecule has 2 aromatic carbocycles. The van der Waals surface area contributed by atoms with Gasteiger partial charge in [0, 0.05) is 5.56 Å². The van der Waals surface area contributed by atoms with Crippen LogP contribution in [0.25, 0.3) is 6.08 Å². The van der Waals surface area contributed by atoms with Crippen molar-refractivity contribution in [1.82, 2.24) is 0 Å². The topological polar surface area (TPSA) is 50.1 Å². The van der Waals surface area contributed by atoms with Crippen LogP contribution in [0.2, 0.25) is 10.0 Å². The number of benzene rings is 2. The Morgan fingerprint density at radius 2 is 1.95 bits per heavy atom. The highest BCUT2D eigenvalue weighted by Gasteiger charge is 2.14. The zero-order valence-corrected chi connectivity index (χ0v) is 13.2. The summed E-state index contributed by atoms with van der Waals surface area (Å²) < 4.78 is 5.08. The summed E-state index contributed by atoms with van der Waals surface area (Å²) in [6.07, 6.45) is 1.43. The fourth-order valence-electron chi connectivity index (χ4n) is 1.86. The molecular formula is C17H11Cl2NO2. The van der Waals surface area contributed by atoms with E-state index in [0.717, 1.165) is 0 Å². The van der Waals surface area contributed by atoms with Crippen LogP contribution in [0.3, 0.4) is 0 Å². The Hall–Kier alpha value is -2.28. The average molecular weight is 332 g/mol. The fraction of sp³-hybridized carbons (Fsp3) is 0.0588. The maximum atomic E-state index is 12.4. The third-order valence-electron chi connectivity index (χ3n) is 2.98. The molecule has 0 amide bonds. The minimum atomic E-state index is -0.405. The van der Waals surface area contributed by atoms with Gasteiger partial charge in [0.15, 0.2) is 0 Å². The van der Waals surface area contributed by atoms with Crippen LogP contribution in [0.1, 0.15) is 15.9 Å². The predicted octanol–water partition coefficient (Wildman–Crippen LogP) is 4.79. The first kappa shape index (κ1) is 16.1. The van der Waals surface area contributed by atoms with Crippen LogP contribution in [0.4, 0.5) is 0 Å². The summed E-state index contributed by atoms with van der Waals surface area (Å²) in [6.45, 7) is 0. The first-order valence-electron chi connectivity index (χ1n) is 6.31. The van der Waals surface area contributed by atoms with Gasteiger partial charge in [0.1, 0.15) is 17.4 Å². The number of rotatable bonds is 4. The number of Topliss-reactive ketones (excluding diaryl/α,β-unsaturated/α-hetero) is 1. The molecule has 0 aromatic heterocycles. The summed E-state index contributed by atoms with van der Waals surface area (Å²) in [5, 5.41) is 9.92. The number of allylic oxidation sites excluding steroid dienone is 1. The quantitative estimate of drug-likeness (QED) is 0.459. The normalized spacial score (nSPS) is 10.9. The number of hydrogen-bond donors (Lipinski definition) is 0. The molecule has 0 heterocycles. The maximum absolute atomic E-state index is 12.4. The lowest BCUT2D eigenvalue weighted by atomic mass is 10.0. The van der Waals surface area contributed by atoms with Crippen LogP contribution < -0.4 is 4.74 Å². The second-order valence-electron chi connectivity index (χ2n) is 4.37. The van der Waals surface area contributed by atoms with Crippen LogP contribution in [0.15, 0.2) is 48.0 Å². The van der Waals surface area contributed by atoms with Crippen LogP contribution in [0, 0.1) is 11.3 Å². The van der Waals surface area contributed by atoms with Crippen LogP contribution in [-0.2, 0) is 0 Å². The number of nitrogens with zero attached hydrogens (tertiary/aromatic N) is 1. The zero-order valence-electron chi connectivity index (χ0n) is 11.6. The van der Waals surface area contributed by atoms with E-state index in [1.165, 1.54) is 13.2 Å². The van der Waals surface area contributed by atoms with E-state index in [1.807, 2.05) is 6.07 Å². The Labute approximate surface area is 138 Å². The van der Waals surface area contributed by atoms with Crippen molar-refractivity contribution in [1.29, 1.82) is 5.26 Å². The summed E-state index contributed by atoms with van der Waals surface area (Å²) in [5.41, 5.74) is 0.852. The number of carbonyl (C=O) groups excluding carboxylic acids is 1. The first-order valence-corrected chi connectivity index (χ1v) is 7.07. The van der Waals surface area contributed by atoms with Gasteiger partial charge in [0.25, 0.3) is 0 Å². The summed E-state index contributed by atoms with van der Waals surface area (Å²) >= 11 is 12.0. The van der Waals surface area contributed by atoms with E-state index in [4.69, 9.17) is 27.9 Å². The molecule has 0 bridgehead atoms. The van der Waals surface area contributed by atoms with Crippen LogP contribution >= 0.6 is 23.2 Å². The average Bonchev–Trinajstić information content (AvgIpc) is 2.55. The Morgan fingerprint density at radius 1 is 1.23 bits per heavy atom. The molecule has 0 fully saturated rings. The van der Waals surface area contributed by atoms with Gasteiger partial charge in [-0.25, -0.2) is 0 Å². The van der Waals surface area contributed by atoms with Gasteiger partial charge in [-0.15, -0.1) is 0 Å². The molecule has 3 nitrogen and oxygen atoms in total. The van der Waals surface area contributed by atoms with Gasteiger partial charge in [-0.2, -0.15) is 5.26 Å². The number of carbonyl (C=O) groups is 1. The summed E-state index contributed by atoms with van der Waals surface area (Å²) in [7, 11) is 1.51. The van der Waals surface area contributed by atoms with Gasteiger partial charge < -0.3 is 4.74 Å². The van der Waals surface area contributed by atoms with Crippen molar-refractivity contribution >= 4 is 35.1 Å². The van der Waals surface area contributed by atoms with E-state index in [2.05, 4.69) is 0 Å². The Kier molecular flexibility index (Phi) is 5.21. The van der Waals surface area contributed by atoms with Crippen molar-refractivity contribution in [2.75, 3.05) is 7.11 Å². The Balaban J connectivity index is 2.43. The van der Waals surface area contributed by atoms with Gasteiger partial charge in [0.2, 0.25) is 5.78 Å². The van der Waals surface area contributed by atoms with E-state index < -0.39 is 5.78 Å². The van der Waals surface area contributed by atoms with Crippen LogP contribution in [0.5, 0.6) is 5.75 Å². The molecule has 0 saturated heterocycles. The van der Waals surface area contributed by atoms with E-state index in [9.17, 15) is 10.1 Å². The molecule has 0 unspecified atom stereocenters. The van der Waals surface area contributed by atoms with Gasteiger partial charge >= 0.3 is 0 Å². The molecule has 0 aliphatic rings. The molecule has 2 aromatic rings. The fourth-order valence-corrected chi connectivity index (χ4v) is 2.22. The highest BCUT2D eigenvalue weighted by atomic mass is 35.5. The van der Waals surface area contributed by atoms with Crippen molar-refractivity contribution in [3.05, 3.63) is 69.2 Å². The number of ketones is 1. The molecule has 0 saturated carbocycles. The van der Waals surface area contributed by atoms with Crippen molar-refractivity contribution in [3.8, 4) is 11.8 Å². The lowest BCUT2D eigenvalue weighted by Crippen LogP contribution is -2.02. The molecule has 110 valence electrons. The molecule has 2 rings (SSSR count). The van der Waals surface area contributed by atoms with E-state index >= 15 is 0 Å². The second kappa shape index (κ2) is 7.13. The van der Waals surface area contributed by atoms with Crippen molar-refractivity contribution in [2.45, 2.75) is 0 Å². The van der Waals surface area contributed by atoms with Crippen molar-refractivity contribution < 1.29 is 9.53 Å². The Morgan fingerprint density at radius 3 is 2.64 bits per heavy atom. The molecule has 0 spiro atoms. The summed E-state index contributed by atoms with van der Waals surface area (Å²) in [4.78, 5) is 12.4. The van der Waals surface area contributed by atoms with Gasteiger partial charge in [-0.1, -0.05) is 47.5 Å². The molecule has 0 atom stereocenters. The van der Waals surface area contributed by atoms with Gasteiger partial charge in [-0.05, 0) is 29.8 Å². The number of hydrogen-bond acceptors (Lipinski definition) is 3. The lowest BCUT2D eigenvalue weighted by Gasteiger charge is -2.04. The minimum Gasteiger partial charge on any atom is -0.497 e. The minimum absolute atomic E-state index is 0.0302. The standard InChI is InChI=1S/C17H11Cl2NO2/c1-22-14-6-2-5-12(9-14)17(21)13(10-20)8-11-4-3-7-15(18)16(11)19/h2-9H,1H3. The molecule has 22 heavy (non-hydrogen) atoms. The van der Waals surface area contributed by atoms with Crippen molar-refractivity contribution in [2.24, 2.45) is 0 Å². The highest BCUT2D eigenvalue weighted by Crippen LogP contribution is 2.27. The zero-order chi connectivity index (χ0) is 16.1. The molecule has 0 N–H and O–H groups in total. The van der Waals surface area contributed by atoms with E-state index in [-0.39, 0.29) is 5.57 Å². The maximum Gasteiger partial charge on any atom is 0.203 e. The SMILES string of the molecule is COc1cccc(C(=O)C(C#N)=Cc2cccc(Cl)c2Cl)c1. The van der Waals surface area contributed by atoms with Gasteiger partial charge in [0.05, 0.1) is 17.2 Å². The highest BCUT2D eigenvalue weighted by molar-refractivity contribution is 6.43.